The molecule has 0 unspecified atom stereocenters. The fraction of sp³-hybridized carbons (Fsp3) is 0.316. The molecule has 1 heterocycles. The Kier molecular flexibility index (Phi) is 4.89. The standard InChI is InChI=1S/C19H22N2O3/c1-20-12-5-13-21(18-7-4-3-6-17(18)20)19(22)14-24-16-10-8-15(23-2)9-11-16/h3-4,6-11H,5,12-14H2,1-2H3. The summed E-state index contributed by atoms with van der Waals surface area (Å²) in [6, 6.07) is 15.2. The summed E-state index contributed by atoms with van der Waals surface area (Å²) in [5, 5.41) is 0. The Labute approximate surface area is 142 Å². The van der Waals surface area contributed by atoms with Crippen LogP contribution in [-0.4, -0.2) is 39.8 Å². The number of amides is 1. The van der Waals surface area contributed by atoms with E-state index in [1.165, 1.54) is 0 Å². The molecule has 24 heavy (non-hydrogen) atoms. The van der Waals surface area contributed by atoms with E-state index in [-0.39, 0.29) is 12.5 Å². The number of rotatable bonds is 4. The van der Waals surface area contributed by atoms with Crippen molar-refractivity contribution in [2.75, 3.05) is 43.7 Å². The molecule has 0 saturated heterocycles. The topological polar surface area (TPSA) is 42.0 Å². The number of ether oxygens (including phenoxy) is 2. The normalized spacial score (nSPS) is 13.9. The number of carbonyl (C=O) groups excluding carboxylic acids is 1. The van der Waals surface area contributed by atoms with E-state index in [1.54, 1.807) is 19.2 Å². The SMILES string of the molecule is COc1ccc(OCC(=O)N2CCCN(C)c3ccccc32)cc1. The molecule has 2 aromatic rings. The smallest absolute Gasteiger partial charge is 0.264 e. The van der Waals surface area contributed by atoms with E-state index in [2.05, 4.69) is 11.9 Å². The summed E-state index contributed by atoms with van der Waals surface area (Å²) in [5.74, 6) is 1.39. The summed E-state index contributed by atoms with van der Waals surface area (Å²) in [7, 11) is 3.67. The zero-order valence-corrected chi connectivity index (χ0v) is 14.1. The number of hydrogen-bond acceptors (Lipinski definition) is 4. The van der Waals surface area contributed by atoms with Crippen molar-refractivity contribution in [3.05, 3.63) is 48.5 Å². The van der Waals surface area contributed by atoms with Crippen LogP contribution in [0, 0.1) is 0 Å². The Hall–Kier alpha value is -2.69. The summed E-state index contributed by atoms with van der Waals surface area (Å²) < 4.78 is 10.8. The lowest BCUT2D eigenvalue weighted by atomic mass is 10.2. The summed E-state index contributed by atoms with van der Waals surface area (Å²) in [6.45, 7) is 1.65. The Bertz CT molecular complexity index is 700. The van der Waals surface area contributed by atoms with Crippen molar-refractivity contribution in [1.29, 1.82) is 0 Å². The van der Waals surface area contributed by atoms with Crippen LogP contribution >= 0.6 is 0 Å². The highest BCUT2D eigenvalue weighted by Gasteiger charge is 2.23. The van der Waals surface area contributed by atoms with Crippen LogP contribution in [0.5, 0.6) is 11.5 Å². The average Bonchev–Trinajstić information content (AvgIpc) is 2.79. The average molecular weight is 326 g/mol. The van der Waals surface area contributed by atoms with Crippen molar-refractivity contribution < 1.29 is 14.3 Å². The zero-order valence-electron chi connectivity index (χ0n) is 14.1. The number of hydrogen-bond donors (Lipinski definition) is 0. The number of benzene rings is 2. The summed E-state index contributed by atoms with van der Waals surface area (Å²) >= 11 is 0. The first kappa shape index (κ1) is 16.2. The molecule has 0 bridgehead atoms. The highest BCUT2D eigenvalue weighted by molar-refractivity contribution is 5.98. The van der Waals surface area contributed by atoms with E-state index < -0.39 is 0 Å². The monoisotopic (exact) mass is 326 g/mol. The minimum absolute atomic E-state index is 0.0182. The molecule has 0 aromatic heterocycles. The van der Waals surface area contributed by atoms with Gasteiger partial charge in [-0.2, -0.15) is 0 Å². The van der Waals surface area contributed by atoms with Gasteiger partial charge in [0.1, 0.15) is 11.5 Å². The maximum Gasteiger partial charge on any atom is 0.264 e. The second kappa shape index (κ2) is 7.25. The van der Waals surface area contributed by atoms with Crippen molar-refractivity contribution >= 4 is 17.3 Å². The summed E-state index contributed by atoms with van der Waals surface area (Å²) in [4.78, 5) is 16.7. The van der Waals surface area contributed by atoms with Crippen LogP contribution in [0.2, 0.25) is 0 Å². The van der Waals surface area contributed by atoms with Crippen molar-refractivity contribution in [1.82, 2.24) is 0 Å². The molecular formula is C19H22N2O3. The predicted octanol–water partition coefficient (Wildman–Crippen LogP) is 2.95. The van der Waals surface area contributed by atoms with Gasteiger partial charge in [0.15, 0.2) is 6.61 Å². The number of para-hydroxylation sites is 2. The van der Waals surface area contributed by atoms with Gasteiger partial charge in [-0.15, -0.1) is 0 Å². The maximum atomic E-state index is 12.7. The summed E-state index contributed by atoms with van der Waals surface area (Å²) in [5.41, 5.74) is 2.02. The van der Waals surface area contributed by atoms with Gasteiger partial charge in [0.25, 0.3) is 5.91 Å². The first-order valence-corrected chi connectivity index (χ1v) is 8.06. The second-order valence-corrected chi connectivity index (χ2v) is 5.77. The summed E-state index contributed by atoms with van der Waals surface area (Å²) in [6.07, 6.45) is 0.930. The molecule has 1 aliphatic heterocycles. The van der Waals surface area contributed by atoms with Gasteiger partial charge in [-0.3, -0.25) is 4.79 Å². The lowest BCUT2D eigenvalue weighted by Gasteiger charge is -2.24. The van der Waals surface area contributed by atoms with Crippen molar-refractivity contribution in [3.63, 3.8) is 0 Å². The fourth-order valence-corrected chi connectivity index (χ4v) is 2.88. The van der Waals surface area contributed by atoms with Gasteiger partial charge < -0.3 is 19.3 Å². The Morgan fingerprint density at radius 2 is 1.67 bits per heavy atom. The number of fused-ring (bicyclic) bond motifs is 1. The van der Waals surface area contributed by atoms with Gasteiger partial charge in [0.05, 0.1) is 18.5 Å². The maximum absolute atomic E-state index is 12.7. The van der Waals surface area contributed by atoms with Gasteiger partial charge in [0.2, 0.25) is 0 Å². The molecule has 0 spiro atoms. The molecular weight excluding hydrogens is 304 g/mol. The highest BCUT2D eigenvalue weighted by atomic mass is 16.5. The molecule has 3 rings (SSSR count). The van der Waals surface area contributed by atoms with Crippen molar-refractivity contribution in [2.24, 2.45) is 0 Å². The van der Waals surface area contributed by atoms with Gasteiger partial charge in [-0.1, -0.05) is 12.1 Å². The van der Waals surface area contributed by atoms with E-state index in [9.17, 15) is 4.79 Å². The molecule has 0 atom stereocenters. The highest BCUT2D eigenvalue weighted by Crippen LogP contribution is 2.31. The third kappa shape index (κ3) is 3.45. The van der Waals surface area contributed by atoms with E-state index >= 15 is 0 Å². The van der Waals surface area contributed by atoms with Gasteiger partial charge in [0, 0.05) is 20.1 Å². The van der Waals surface area contributed by atoms with Crippen LogP contribution in [0.15, 0.2) is 48.5 Å². The second-order valence-electron chi connectivity index (χ2n) is 5.77. The first-order valence-electron chi connectivity index (χ1n) is 8.06. The lowest BCUT2D eigenvalue weighted by molar-refractivity contribution is -0.120. The van der Waals surface area contributed by atoms with Gasteiger partial charge >= 0.3 is 0 Å². The fourth-order valence-electron chi connectivity index (χ4n) is 2.88. The molecule has 0 N–H and O–H groups in total. The molecule has 0 saturated carbocycles. The quantitative estimate of drug-likeness (QED) is 0.866. The van der Waals surface area contributed by atoms with Crippen molar-refractivity contribution in [2.45, 2.75) is 6.42 Å². The van der Waals surface area contributed by atoms with Crippen LogP contribution in [0.1, 0.15) is 6.42 Å². The predicted molar refractivity (Wildman–Crippen MR) is 95.2 cm³/mol. The molecule has 1 aliphatic rings. The molecule has 5 heteroatoms. The minimum atomic E-state index is -0.0337. The third-order valence-corrected chi connectivity index (χ3v) is 4.18. The molecule has 0 aliphatic carbocycles. The van der Waals surface area contributed by atoms with Crippen LogP contribution in [0.4, 0.5) is 11.4 Å². The number of carbonyl (C=O) groups is 1. The zero-order chi connectivity index (χ0) is 16.9. The van der Waals surface area contributed by atoms with Crippen molar-refractivity contribution in [3.8, 4) is 11.5 Å². The molecule has 5 nitrogen and oxygen atoms in total. The molecule has 0 radical (unpaired) electrons. The molecule has 2 aromatic carbocycles. The van der Waals surface area contributed by atoms with Crippen LogP contribution in [0.3, 0.4) is 0 Å². The molecule has 1 amide bonds. The number of anilines is 2. The van der Waals surface area contributed by atoms with Crippen LogP contribution in [0.25, 0.3) is 0 Å². The van der Waals surface area contributed by atoms with Gasteiger partial charge in [-0.05, 0) is 42.8 Å². The van der Waals surface area contributed by atoms with E-state index in [4.69, 9.17) is 9.47 Å². The molecule has 0 fully saturated rings. The Morgan fingerprint density at radius 3 is 2.38 bits per heavy atom. The third-order valence-electron chi connectivity index (χ3n) is 4.18. The van der Waals surface area contributed by atoms with Crippen LogP contribution in [-0.2, 0) is 4.79 Å². The van der Waals surface area contributed by atoms with Gasteiger partial charge in [-0.25, -0.2) is 0 Å². The van der Waals surface area contributed by atoms with E-state index in [0.29, 0.717) is 12.3 Å². The Balaban J connectivity index is 1.71. The largest absolute Gasteiger partial charge is 0.497 e. The van der Waals surface area contributed by atoms with E-state index in [0.717, 1.165) is 30.1 Å². The number of nitrogens with zero attached hydrogens (tertiary/aromatic N) is 2. The molecule has 126 valence electrons. The lowest BCUT2D eigenvalue weighted by Crippen LogP contribution is -2.35. The van der Waals surface area contributed by atoms with E-state index in [1.807, 2.05) is 41.3 Å². The van der Waals surface area contributed by atoms with Crippen LogP contribution < -0.4 is 19.3 Å². The minimum Gasteiger partial charge on any atom is -0.497 e. The Morgan fingerprint density at radius 1 is 1.00 bits per heavy atom. The first-order chi connectivity index (χ1) is 11.7. The number of methoxy groups -OCH3 is 1.